The summed E-state index contributed by atoms with van der Waals surface area (Å²) in [6.07, 6.45) is 5.15. The van der Waals surface area contributed by atoms with E-state index in [0.717, 1.165) is 6.07 Å². The first kappa shape index (κ1) is 14.1. The largest absolute Gasteiger partial charge is 0.480 e. The Morgan fingerprint density at radius 1 is 1.44 bits per heavy atom. The second-order valence-electron chi connectivity index (χ2n) is 3.88. The van der Waals surface area contributed by atoms with Gasteiger partial charge in [-0.2, -0.15) is 0 Å². The topological polar surface area (TPSA) is 40.5 Å². The molecule has 1 rings (SSSR count). The molecule has 0 amide bonds. The molecule has 1 atom stereocenters. The van der Waals surface area contributed by atoms with E-state index in [1.54, 1.807) is 6.92 Å². The van der Waals surface area contributed by atoms with E-state index < -0.39 is 23.6 Å². The zero-order valence-corrected chi connectivity index (χ0v) is 9.86. The van der Waals surface area contributed by atoms with Crippen LogP contribution in [0.5, 0.6) is 0 Å². The van der Waals surface area contributed by atoms with Crippen molar-refractivity contribution in [2.24, 2.45) is 0 Å². The standard InChI is InChI=1S/C13H13F2NO2/c1-3-4-16(8-13(17)18)9(2)10-5-11(14)7-12(15)6-10/h1,5-7,9H,4,8H2,2H3,(H,17,18). The van der Waals surface area contributed by atoms with Crippen LogP contribution in [0, 0.1) is 24.0 Å². The Kier molecular flexibility index (Phi) is 4.81. The molecular formula is C13H13F2NO2. The second-order valence-corrected chi connectivity index (χ2v) is 3.88. The van der Waals surface area contributed by atoms with Crippen LogP contribution in [0.15, 0.2) is 18.2 Å². The Morgan fingerprint density at radius 2 is 2.00 bits per heavy atom. The number of carboxylic acids is 1. The van der Waals surface area contributed by atoms with Crippen LogP contribution in [-0.2, 0) is 4.79 Å². The number of hydrogen-bond donors (Lipinski definition) is 1. The maximum absolute atomic E-state index is 13.1. The molecule has 1 N–H and O–H groups in total. The Hall–Kier alpha value is -1.93. The Morgan fingerprint density at radius 3 is 2.44 bits per heavy atom. The maximum Gasteiger partial charge on any atom is 0.317 e. The Balaban J connectivity index is 2.97. The third-order valence-corrected chi connectivity index (χ3v) is 2.55. The summed E-state index contributed by atoms with van der Waals surface area (Å²) in [6, 6.07) is 2.61. The van der Waals surface area contributed by atoms with Gasteiger partial charge in [-0.15, -0.1) is 6.42 Å². The van der Waals surface area contributed by atoms with Crippen molar-refractivity contribution in [2.75, 3.05) is 13.1 Å². The molecule has 96 valence electrons. The van der Waals surface area contributed by atoms with Gasteiger partial charge < -0.3 is 5.11 Å². The number of terminal acetylenes is 1. The van der Waals surface area contributed by atoms with Gasteiger partial charge in [-0.25, -0.2) is 8.78 Å². The molecule has 0 saturated carbocycles. The molecule has 1 unspecified atom stereocenters. The molecule has 0 aromatic heterocycles. The third-order valence-electron chi connectivity index (χ3n) is 2.55. The van der Waals surface area contributed by atoms with Crippen LogP contribution >= 0.6 is 0 Å². The smallest absolute Gasteiger partial charge is 0.317 e. The average Bonchev–Trinajstić information content (AvgIpc) is 2.25. The van der Waals surface area contributed by atoms with Gasteiger partial charge in [0.25, 0.3) is 0 Å². The van der Waals surface area contributed by atoms with Gasteiger partial charge in [0, 0.05) is 12.1 Å². The normalized spacial score (nSPS) is 12.2. The summed E-state index contributed by atoms with van der Waals surface area (Å²) in [7, 11) is 0. The SMILES string of the molecule is C#CCN(CC(=O)O)C(C)c1cc(F)cc(F)c1. The number of rotatable bonds is 5. The quantitative estimate of drug-likeness (QED) is 0.816. The molecule has 5 heteroatoms. The lowest BCUT2D eigenvalue weighted by Gasteiger charge is -2.25. The first-order valence-corrected chi connectivity index (χ1v) is 5.29. The second kappa shape index (κ2) is 6.12. The highest BCUT2D eigenvalue weighted by molar-refractivity contribution is 5.69. The monoisotopic (exact) mass is 253 g/mol. The molecule has 3 nitrogen and oxygen atoms in total. The minimum atomic E-state index is -1.05. The predicted octanol–water partition coefficient (Wildman–Crippen LogP) is 2.05. The Labute approximate surface area is 104 Å². The first-order chi connectivity index (χ1) is 8.43. The molecule has 0 bridgehead atoms. The molecule has 0 fully saturated rings. The van der Waals surface area contributed by atoms with Gasteiger partial charge in [-0.1, -0.05) is 5.92 Å². The van der Waals surface area contributed by atoms with Crippen LogP contribution in [0.1, 0.15) is 18.5 Å². The fraction of sp³-hybridized carbons (Fsp3) is 0.308. The molecule has 1 aromatic rings. The molecule has 0 aliphatic carbocycles. The van der Waals surface area contributed by atoms with Crippen molar-refractivity contribution < 1.29 is 18.7 Å². The molecule has 0 aliphatic heterocycles. The van der Waals surface area contributed by atoms with Crippen molar-refractivity contribution in [2.45, 2.75) is 13.0 Å². The van der Waals surface area contributed by atoms with Crippen molar-refractivity contribution in [3.05, 3.63) is 35.4 Å². The summed E-state index contributed by atoms with van der Waals surface area (Å²) < 4.78 is 26.2. The number of halogens is 2. The van der Waals surface area contributed by atoms with Crippen LogP contribution in [0.2, 0.25) is 0 Å². The first-order valence-electron chi connectivity index (χ1n) is 5.29. The lowest BCUT2D eigenvalue weighted by Crippen LogP contribution is -2.32. The highest BCUT2D eigenvalue weighted by Crippen LogP contribution is 2.21. The molecule has 0 aliphatic rings. The van der Waals surface area contributed by atoms with Gasteiger partial charge in [-0.05, 0) is 24.6 Å². The maximum atomic E-state index is 13.1. The van der Waals surface area contributed by atoms with E-state index in [2.05, 4.69) is 5.92 Å². The van der Waals surface area contributed by atoms with Crippen LogP contribution in [0.3, 0.4) is 0 Å². The molecule has 0 radical (unpaired) electrons. The highest BCUT2D eigenvalue weighted by atomic mass is 19.1. The van der Waals surface area contributed by atoms with Gasteiger partial charge in [-0.3, -0.25) is 9.69 Å². The van der Waals surface area contributed by atoms with E-state index in [4.69, 9.17) is 11.5 Å². The summed E-state index contributed by atoms with van der Waals surface area (Å²) in [5.74, 6) is -0.121. The van der Waals surface area contributed by atoms with Gasteiger partial charge in [0.2, 0.25) is 0 Å². The van der Waals surface area contributed by atoms with E-state index in [1.807, 2.05) is 0 Å². The molecular weight excluding hydrogens is 240 g/mol. The van der Waals surface area contributed by atoms with Crippen molar-refractivity contribution in [3.63, 3.8) is 0 Å². The van der Waals surface area contributed by atoms with Crippen molar-refractivity contribution >= 4 is 5.97 Å². The van der Waals surface area contributed by atoms with E-state index in [-0.39, 0.29) is 13.1 Å². The Bertz CT molecular complexity index is 462. The van der Waals surface area contributed by atoms with Crippen molar-refractivity contribution in [1.29, 1.82) is 0 Å². The summed E-state index contributed by atoms with van der Waals surface area (Å²) in [6.45, 7) is 1.45. The van der Waals surface area contributed by atoms with Gasteiger partial charge in [0.1, 0.15) is 11.6 Å². The van der Waals surface area contributed by atoms with Crippen LogP contribution in [0.25, 0.3) is 0 Å². The van der Waals surface area contributed by atoms with Crippen LogP contribution in [0.4, 0.5) is 8.78 Å². The molecule has 0 saturated heterocycles. The number of benzene rings is 1. The van der Waals surface area contributed by atoms with Crippen LogP contribution in [-0.4, -0.2) is 29.1 Å². The fourth-order valence-corrected chi connectivity index (χ4v) is 1.65. The molecule has 0 heterocycles. The zero-order valence-electron chi connectivity index (χ0n) is 9.86. The van der Waals surface area contributed by atoms with Gasteiger partial charge >= 0.3 is 5.97 Å². The van der Waals surface area contributed by atoms with E-state index in [1.165, 1.54) is 17.0 Å². The molecule has 18 heavy (non-hydrogen) atoms. The number of hydrogen-bond acceptors (Lipinski definition) is 2. The van der Waals surface area contributed by atoms with Crippen LogP contribution < -0.4 is 0 Å². The molecule has 0 spiro atoms. The van der Waals surface area contributed by atoms with Gasteiger partial charge in [0.05, 0.1) is 13.1 Å². The average molecular weight is 253 g/mol. The predicted molar refractivity (Wildman–Crippen MR) is 62.8 cm³/mol. The van der Waals surface area contributed by atoms with Gasteiger partial charge in [0.15, 0.2) is 0 Å². The summed E-state index contributed by atoms with van der Waals surface area (Å²) in [5.41, 5.74) is 0.351. The zero-order chi connectivity index (χ0) is 13.7. The summed E-state index contributed by atoms with van der Waals surface area (Å²) in [5, 5.41) is 8.76. The third kappa shape index (κ3) is 3.82. The number of carboxylic acid groups (broad SMARTS) is 1. The summed E-state index contributed by atoms with van der Waals surface area (Å²) in [4.78, 5) is 12.1. The number of aliphatic carboxylic acids is 1. The van der Waals surface area contributed by atoms with E-state index >= 15 is 0 Å². The number of nitrogens with zero attached hydrogens (tertiary/aromatic N) is 1. The fourth-order valence-electron chi connectivity index (χ4n) is 1.65. The summed E-state index contributed by atoms with van der Waals surface area (Å²) >= 11 is 0. The highest BCUT2D eigenvalue weighted by Gasteiger charge is 2.18. The van der Waals surface area contributed by atoms with Crippen molar-refractivity contribution in [3.8, 4) is 12.3 Å². The number of carbonyl (C=O) groups is 1. The van der Waals surface area contributed by atoms with E-state index in [9.17, 15) is 13.6 Å². The lowest BCUT2D eigenvalue weighted by atomic mass is 10.1. The minimum Gasteiger partial charge on any atom is -0.480 e. The molecule has 1 aromatic carbocycles. The minimum absolute atomic E-state index is 0.0889. The van der Waals surface area contributed by atoms with Crippen molar-refractivity contribution in [1.82, 2.24) is 4.90 Å². The van der Waals surface area contributed by atoms with E-state index in [0.29, 0.717) is 5.56 Å². The lowest BCUT2D eigenvalue weighted by molar-refractivity contribution is -0.138.